The maximum atomic E-state index is 12.9. The Balaban J connectivity index is 2.29. The first-order chi connectivity index (χ1) is 11.1. The number of hydrogen-bond acceptors (Lipinski definition) is 4. The average Bonchev–Trinajstić information content (AvgIpc) is 2.48. The fourth-order valence-electron chi connectivity index (χ4n) is 3.00. The maximum Gasteiger partial charge on any atom is 0.307 e. The van der Waals surface area contributed by atoms with E-state index in [4.69, 9.17) is 4.74 Å². The zero-order valence-electron chi connectivity index (χ0n) is 14.5. The van der Waals surface area contributed by atoms with E-state index < -0.39 is 21.9 Å². The molecule has 0 amide bonds. The summed E-state index contributed by atoms with van der Waals surface area (Å²) in [4.78, 5) is 11.4. The van der Waals surface area contributed by atoms with E-state index in [1.807, 2.05) is 20.8 Å². The van der Waals surface area contributed by atoms with Crippen molar-refractivity contribution in [3.8, 4) is 5.75 Å². The highest BCUT2D eigenvalue weighted by atomic mass is 32.2. The topological polar surface area (TPSA) is 83.9 Å². The van der Waals surface area contributed by atoms with Crippen LogP contribution in [0.25, 0.3) is 0 Å². The van der Waals surface area contributed by atoms with Crippen LogP contribution in [0.3, 0.4) is 0 Å². The number of carboxylic acids is 1. The quantitative estimate of drug-likeness (QED) is 0.877. The summed E-state index contributed by atoms with van der Waals surface area (Å²) >= 11 is 0. The van der Waals surface area contributed by atoms with Crippen molar-refractivity contribution in [2.45, 2.75) is 45.1 Å². The van der Waals surface area contributed by atoms with Gasteiger partial charge < -0.3 is 9.84 Å². The second-order valence-electron chi connectivity index (χ2n) is 6.79. The molecule has 1 aromatic carbocycles. The van der Waals surface area contributed by atoms with Gasteiger partial charge in [-0.3, -0.25) is 4.79 Å². The molecule has 0 saturated carbocycles. The van der Waals surface area contributed by atoms with E-state index >= 15 is 0 Å². The van der Waals surface area contributed by atoms with Gasteiger partial charge in [0.15, 0.2) is 0 Å². The number of piperidine rings is 1. The lowest BCUT2D eigenvalue weighted by atomic mass is 9.92. The molecule has 134 valence electrons. The molecule has 1 aliphatic heterocycles. The van der Waals surface area contributed by atoms with Crippen molar-refractivity contribution in [1.82, 2.24) is 4.31 Å². The summed E-state index contributed by atoms with van der Waals surface area (Å²) in [6.07, 6.45) is 0.507. The molecule has 1 fully saturated rings. The van der Waals surface area contributed by atoms with Crippen molar-refractivity contribution < 1.29 is 23.1 Å². The Hall–Kier alpha value is -1.60. The van der Waals surface area contributed by atoms with E-state index in [1.165, 1.54) is 10.4 Å². The molecule has 24 heavy (non-hydrogen) atoms. The molecular formula is C17H25NO5S. The van der Waals surface area contributed by atoms with Gasteiger partial charge in [-0.05, 0) is 56.9 Å². The molecule has 6 nitrogen and oxygen atoms in total. The first-order valence-electron chi connectivity index (χ1n) is 8.11. The van der Waals surface area contributed by atoms with E-state index in [0.29, 0.717) is 18.7 Å². The minimum Gasteiger partial charge on any atom is -0.491 e. The summed E-state index contributed by atoms with van der Waals surface area (Å²) in [6, 6.07) is 4.77. The van der Waals surface area contributed by atoms with E-state index in [2.05, 4.69) is 0 Å². The van der Waals surface area contributed by atoms with Crippen molar-refractivity contribution in [2.75, 3.05) is 13.1 Å². The van der Waals surface area contributed by atoms with Gasteiger partial charge in [-0.25, -0.2) is 8.42 Å². The molecule has 1 heterocycles. The Kier molecular flexibility index (Phi) is 5.55. The SMILES string of the molecule is Cc1cc(S(=O)(=O)N2CC(C)CC(C(=O)O)C2)ccc1OC(C)C. The highest BCUT2D eigenvalue weighted by Crippen LogP contribution is 2.29. The van der Waals surface area contributed by atoms with E-state index in [1.54, 1.807) is 19.1 Å². The minimum atomic E-state index is -3.71. The van der Waals surface area contributed by atoms with Gasteiger partial charge in [0.2, 0.25) is 10.0 Å². The van der Waals surface area contributed by atoms with Crippen LogP contribution in [0.15, 0.2) is 23.1 Å². The van der Waals surface area contributed by atoms with E-state index in [9.17, 15) is 18.3 Å². The average molecular weight is 355 g/mol. The Bertz CT molecular complexity index is 714. The molecule has 1 N–H and O–H groups in total. The summed E-state index contributed by atoms with van der Waals surface area (Å²) < 4.78 is 32.7. The molecule has 7 heteroatoms. The van der Waals surface area contributed by atoms with Crippen LogP contribution < -0.4 is 4.74 Å². The van der Waals surface area contributed by atoms with Crippen LogP contribution in [0, 0.1) is 18.8 Å². The Morgan fingerprint density at radius 2 is 2.00 bits per heavy atom. The number of rotatable bonds is 5. The van der Waals surface area contributed by atoms with E-state index in [-0.39, 0.29) is 23.5 Å². The molecule has 0 bridgehead atoms. The lowest BCUT2D eigenvalue weighted by Crippen LogP contribution is -2.45. The van der Waals surface area contributed by atoms with Crippen LogP contribution in [0.4, 0.5) is 0 Å². The van der Waals surface area contributed by atoms with Gasteiger partial charge in [0.1, 0.15) is 5.75 Å². The van der Waals surface area contributed by atoms with Gasteiger partial charge in [-0.2, -0.15) is 4.31 Å². The number of benzene rings is 1. The number of hydrogen-bond donors (Lipinski definition) is 1. The van der Waals surface area contributed by atoms with Gasteiger partial charge in [0.25, 0.3) is 0 Å². The summed E-state index contributed by atoms with van der Waals surface area (Å²) in [6.45, 7) is 7.86. The molecule has 1 aromatic rings. The number of carbonyl (C=O) groups is 1. The van der Waals surface area contributed by atoms with E-state index in [0.717, 1.165) is 5.56 Å². The van der Waals surface area contributed by atoms with Gasteiger partial charge in [0, 0.05) is 13.1 Å². The first kappa shape index (κ1) is 18.7. The number of nitrogens with zero attached hydrogens (tertiary/aromatic N) is 1. The van der Waals surface area contributed by atoms with Crippen LogP contribution in [0.1, 0.15) is 32.8 Å². The summed E-state index contributed by atoms with van der Waals surface area (Å²) in [7, 11) is -3.71. The predicted molar refractivity (Wildman–Crippen MR) is 90.6 cm³/mol. The Morgan fingerprint density at radius 1 is 1.33 bits per heavy atom. The molecule has 0 aromatic heterocycles. The lowest BCUT2D eigenvalue weighted by Gasteiger charge is -2.33. The lowest BCUT2D eigenvalue weighted by molar-refractivity contribution is -0.143. The second kappa shape index (κ2) is 7.11. The molecule has 1 aliphatic rings. The van der Waals surface area contributed by atoms with Crippen molar-refractivity contribution in [3.63, 3.8) is 0 Å². The normalized spacial score (nSPS) is 22.5. The third-order valence-corrected chi connectivity index (χ3v) is 5.95. The van der Waals surface area contributed by atoms with Gasteiger partial charge in [-0.1, -0.05) is 6.92 Å². The van der Waals surface area contributed by atoms with Crippen LogP contribution >= 0.6 is 0 Å². The van der Waals surface area contributed by atoms with Crippen LogP contribution in [-0.2, 0) is 14.8 Å². The molecule has 0 aliphatic carbocycles. The van der Waals surface area contributed by atoms with Crippen molar-refractivity contribution in [3.05, 3.63) is 23.8 Å². The molecule has 2 unspecified atom stereocenters. The third-order valence-electron chi connectivity index (χ3n) is 4.12. The fourth-order valence-corrected chi connectivity index (χ4v) is 4.69. The number of ether oxygens (including phenoxy) is 1. The number of carboxylic acid groups (broad SMARTS) is 1. The number of sulfonamides is 1. The predicted octanol–water partition coefficient (Wildman–Crippen LogP) is 2.51. The zero-order chi connectivity index (χ0) is 18.1. The molecule has 2 atom stereocenters. The number of aliphatic carboxylic acids is 1. The summed E-state index contributed by atoms with van der Waals surface area (Å²) in [5.41, 5.74) is 0.740. The first-order valence-corrected chi connectivity index (χ1v) is 9.55. The standard InChI is InChI=1S/C17H25NO5S/c1-11(2)23-16-6-5-15(8-13(16)4)24(21,22)18-9-12(3)7-14(10-18)17(19)20/h5-6,8,11-12,14H,7,9-10H2,1-4H3,(H,19,20). The molecule has 2 rings (SSSR count). The van der Waals surface area contributed by atoms with Crippen LogP contribution in [0.2, 0.25) is 0 Å². The molecule has 1 saturated heterocycles. The highest BCUT2D eigenvalue weighted by Gasteiger charge is 2.36. The fraction of sp³-hybridized carbons (Fsp3) is 0.588. The summed E-state index contributed by atoms with van der Waals surface area (Å²) in [5.74, 6) is -0.939. The van der Waals surface area contributed by atoms with Crippen molar-refractivity contribution >= 4 is 16.0 Å². The van der Waals surface area contributed by atoms with Crippen LogP contribution in [-0.4, -0.2) is 43.0 Å². The third kappa shape index (κ3) is 4.08. The molecule has 0 radical (unpaired) electrons. The molecular weight excluding hydrogens is 330 g/mol. The highest BCUT2D eigenvalue weighted by molar-refractivity contribution is 7.89. The zero-order valence-corrected chi connectivity index (χ0v) is 15.3. The van der Waals surface area contributed by atoms with Crippen molar-refractivity contribution in [2.24, 2.45) is 11.8 Å². The summed E-state index contributed by atoms with van der Waals surface area (Å²) in [5, 5.41) is 9.24. The largest absolute Gasteiger partial charge is 0.491 e. The number of aryl methyl sites for hydroxylation is 1. The Labute approximate surface area is 143 Å². The van der Waals surface area contributed by atoms with Gasteiger partial charge in [-0.15, -0.1) is 0 Å². The maximum absolute atomic E-state index is 12.9. The van der Waals surface area contributed by atoms with Gasteiger partial charge >= 0.3 is 5.97 Å². The molecule has 0 spiro atoms. The Morgan fingerprint density at radius 3 is 2.54 bits per heavy atom. The minimum absolute atomic E-state index is 0.00502. The smallest absolute Gasteiger partial charge is 0.307 e. The second-order valence-corrected chi connectivity index (χ2v) is 8.73. The van der Waals surface area contributed by atoms with Crippen molar-refractivity contribution in [1.29, 1.82) is 0 Å². The monoisotopic (exact) mass is 355 g/mol. The van der Waals surface area contributed by atoms with Crippen LogP contribution in [0.5, 0.6) is 5.75 Å². The van der Waals surface area contributed by atoms with Gasteiger partial charge in [0.05, 0.1) is 16.9 Å².